The highest BCUT2D eigenvalue weighted by molar-refractivity contribution is 5.99. The first-order chi connectivity index (χ1) is 10.2. The Morgan fingerprint density at radius 3 is 2.64 bits per heavy atom. The van der Waals surface area contributed by atoms with E-state index in [-0.39, 0.29) is 29.7 Å². The third-order valence-corrected chi connectivity index (χ3v) is 3.79. The number of hydrogen-bond donors (Lipinski definition) is 2. The molecule has 0 aliphatic carbocycles. The molecule has 0 radical (unpaired) electrons. The summed E-state index contributed by atoms with van der Waals surface area (Å²) in [6, 6.07) is 5.16. The minimum absolute atomic E-state index is 0.0220. The van der Waals surface area contributed by atoms with Gasteiger partial charge in [0.25, 0.3) is 5.91 Å². The number of anilines is 1. The van der Waals surface area contributed by atoms with Crippen molar-refractivity contribution in [1.29, 1.82) is 0 Å². The van der Waals surface area contributed by atoms with Gasteiger partial charge in [0.1, 0.15) is 0 Å². The molecule has 0 spiro atoms. The zero-order valence-corrected chi connectivity index (χ0v) is 13.3. The summed E-state index contributed by atoms with van der Waals surface area (Å²) in [6.45, 7) is 3.91. The van der Waals surface area contributed by atoms with Crippen LogP contribution in [0.15, 0.2) is 18.2 Å². The summed E-state index contributed by atoms with van der Waals surface area (Å²) in [5.41, 5.74) is 1.82. The lowest BCUT2D eigenvalue weighted by molar-refractivity contribution is -0.127. The zero-order valence-electron chi connectivity index (χ0n) is 13.3. The Morgan fingerprint density at radius 2 is 2.00 bits per heavy atom. The topological polar surface area (TPSA) is 78.5 Å². The first-order valence-electron chi connectivity index (χ1n) is 7.13. The van der Waals surface area contributed by atoms with Gasteiger partial charge in [-0.05, 0) is 23.8 Å². The van der Waals surface area contributed by atoms with Crippen molar-refractivity contribution < 1.29 is 14.4 Å². The van der Waals surface area contributed by atoms with Gasteiger partial charge in [-0.3, -0.25) is 14.4 Å². The maximum Gasteiger partial charge on any atom is 0.251 e. The maximum atomic E-state index is 12.2. The fraction of sp³-hybridized carbons (Fsp3) is 0.438. The van der Waals surface area contributed by atoms with E-state index in [0.717, 1.165) is 11.3 Å². The number of benzene rings is 1. The molecular formula is C16H21N3O3. The Morgan fingerprint density at radius 1 is 1.32 bits per heavy atom. The van der Waals surface area contributed by atoms with Crippen LogP contribution in [0.2, 0.25) is 0 Å². The molecule has 0 saturated carbocycles. The number of likely N-dealkylation sites (N-methyl/N-ethyl adjacent to an activating group) is 1. The largest absolute Gasteiger partial charge is 0.347 e. The van der Waals surface area contributed by atoms with E-state index in [1.807, 2.05) is 13.8 Å². The van der Waals surface area contributed by atoms with Gasteiger partial charge >= 0.3 is 0 Å². The van der Waals surface area contributed by atoms with Crippen molar-refractivity contribution in [2.75, 3.05) is 26.0 Å². The van der Waals surface area contributed by atoms with E-state index < -0.39 is 0 Å². The molecular weight excluding hydrogens is 282 g/mol. The predicted molar refractivity (Wildman–Crippen MR) is 83.7 cm³/mol. The molecule has 3 amide bonds. The third kappa shape index (κ3) is 3.27. The fourth-order valence-electron chi connectivity index (χ4n) is 2.46. The summed E-state index contributed by atoms with van der Waals surface area (Å²) in [5, 5.41) is 5.42. The summed E-state index contributed by atoms with van der Waals surface area (Å²) in [4.78, 5) is 36.8. The quantitative estimate of drug-likeness (QED) is 0.878. The molecule has 6 nitrogen and oxygen atoms in total. The zero-order chi connectivity index (χ0) is 16.5. The van der Waals surface area contributed by atoms with Crippen LogP contribution in [0, 0.1) is 0 Å². The third-order valence-electron chi connectivity index (χ3n) is 3.79. The molecule has 0 aromatic heterocycles. The highest BCUT2D eigenvalue weighted by atomic mass is 16.2. The van der Waals surface area contributed by atoms with E-state index in [1.165, 1.54) is 4.90 Å². The van der Waals surface area contributed by atoms with Crippen molar-refractivity contribution in [3.05, 3.63) is 29.3 Å². The number of rotatable bonds is 3. The molecule has 2 rings (SSSR count). The maximum absolute atomic E-state index is 12.2. The summed E-state index contributed by atoms with van der Waals surface area (Å²) in [7, 11) is 3.27. The summed E-state index contributed by atoms with van der Waals surface area (Å²) < 4.78 is 0. The molecule has 6 heteroatoms. The fourth-order valence-corrected chi connectivity index (χ4v) is 2.46. The highest BCUT2D eigenvalue weighted by Crippen LogP contribution is 2.37. The van der Waals surface area contributed by atoms with Crippen LogP contribution in [0.3, 0.4) is 0 Å². The van der Waals surface area contributed by atoms with Crippen LogP contribution in [0.25, 0.3) is 0 Å². The first-order valence-corrected chi connectivity index (χ1v) is 7.13. The number of nitrogens with one attached hydrogen (secondary N) is 2. The second kappa shape index (κ2) is 5.79. The molecule has 1 aliphatic heterocycles. The smallest absolute Gasteiger partial charge is 0.251 e. The number of carbonyl (C=O) groups excluding carboxylic acids is 3. The Balaban J connectivity index is 2.19. The Bertz CT molecular complexity index is 636. The van der Waals surface area contributed by atoms with Crippen molar-refractivity contribution in [2.24, 2.45) is 0 Å². The van der Waals surface area contributed by atoms with Gasteiger partial charge in [0.05, 0.1) is 6.54 Å². The number of amides is 3. The molecule has 1 aliphatic rings. The molecule has 0 saturated heterocycles. The van der Waals surface area contributed by atoms with E-state index in [2.05, 4.69) is 10.6 Å². The SMILES string of the molecule is CN(C)C(=O)CNC(=O)c1ccc2c(c1)C(C)(C)CC(=O)N2. The molecule has 2 N–H and O–H groups in total. The van der Waals surface area contributed by atoms with Crippen molar-refractivity contribution >= 4 is 23.4 Å². The first kappa shape index (κ1) is 16.0. The molecule has 0 unspecified atom stereocenters. The standard InChI is InChI=1S/C16H21N3O3/c1-16(2)8-13(20)18-12-6-5-10(7-11(12)16)15(22)17-9-14(21)19(3)4/h5-7H,8-9H2,1-4H3,(H,17,22)(H,18,20). The van der Waals surface area contributed by atoms with E-state index >= 15 is 0 Å². The van der Waals surface area contributed by atoms with E-state index in [1.54, 1.807) is 32.3 Å². The van der Waals surface area contributed by atoms with Crippen LogP contribution in [-0.4, -0.2) is 43.3 Å². The monoisotopic (exact) mass is 303 g/mol. The molecule has 1 aromatic rings. The van der Waals surface area contributed by atoms with Gasteiger partial charge in [0.2, 0.25) is 11.8 Å². The van der Waals surface area contributed by atoms with Gasteiger partial charge in [0.15, 0.2) is 0 Å². The molecule has 1 heterocycles. The van der Waals surface area contributed by atoms with E-state index in [4.69, 9.17) is 0 Å². The van der Waals surface area contributed by atoms with Crippen LogP contribution in [0.4, 0.5) is 5.69 Å². The van der Waals surface area contributed by atoms with Gasteiger partial charge in [-0.2, -0.15) is 0 Å². The number of nitrogens with zero attached hydrogens (tertiary/aromatic N) is 1. The van der Waals surface area contributed by atoms with Gasteiger partial charge in [-0.15, -0.1) is 0 Å². The van der Waals surface area contributed by atoms with Crippen LogP contribution >= 0.6 is 0 Å². The minimum Gasteiger partial charge on any atom is -0.347 e. The van der Waals surface area contributed by atoms with Gasteiger partial charge in [-0.1, -0.05) is 13.8 Å². The Hall–Kier alpha value is -2.37. The van der Waals surface area contributed by atoms with E-state index in [0.29, 0.717) is 12.0 Å². The van der Waals surface area contributed by atoms with Crippen molar-refractivity contribution in [1.82, 2.24) is 10.2 Å². The van der Waals surface area contributed by atoms with Crippen molar-refractivity contribution in [3.63, 3.8) is 0 Å². The molecule has 0 atom stereocenters. The average Bonchev–Trinajstić information content (AvgIpc) is 2.42. The lowest BCUT2D eigenvalue weighted by Crippen LogP contribution is -2.37. The second-order valence-electron chi connectivity index (χ2n) is 6.34. The van der Waals surface area contributed by atoms with Crippen LogP contribution < -0.4 is 10.6 Å². The van der Waals surface area contributed by atoms with E-state index in [9.17, 15) is 14.4 Å². The molecule has 0 fully saturated rings. The highest BCUT2D eigenvalue weighted by Gasteiger charge is 2.32. The van der Waals surface area contributed by atoms with Crippen LogP contribution in [0.5, 0.6) is 0 Å². The van der Waals surface area contributed by atoms with Crippen molar-refractivity contribution in [3.8, 4) is 0 Å². The summed E-state index contributed by atoms with van der Waals surface area (Å²) in [6.07, 6.45) is 0.379. The molecule has 0 bridgehead atoms. The summed E-state index contributed by atoms with van der Waals surface area (Å²) >= 11 is 0. The number of carbonyl (C=O) groups is 3. The average molecular weight is 303 g/mol. The Kier molecular flexibility index (Phi) is 4.21. The van der Waals surface area contributed by atoms with Gasteiger partial charge < -0.3 is 15.5 Å². The number of fused-ring (bicyclic) bond motifs is 1. The van der Waals surface area contributed by atoms with Gasteiger partial charge in [-0.25, -0.2) is 0 Å². The van der Waals surface area contributed by atoms with Gasteiger partial charge in [0, 0.05) is 37.2 Å². The van der Waals surface area contributed by atoms with Crippen molar-refractivity contribution in [2.45, 2.75) is 25.7 Å². The van der Waals surface area contributed by atoms with Crippen LogP contribution in [-0.2, 0) is 15.0 Å². The minimum atomic E-state index is -0.326. The molecule has 22 heavy (non-hydrogen) atoms. The normalized spacial score (nSPS) is 15.5. The summed E-state index contributed by atoms with van der Waals surface area (Å²) in [5.74, 6) is -0.490. The number of hydrogen-bond acceptors (Lipinski definition) is 3. The lowest BCUT2D eigenvalue weighted by Gasteiger charge is -2.32. The predicted octanol–water partition coefficient (Wildman–Crippen LogP) is 1.12. The molecule has 1 aromatic carbocycles. The lowest BCUT2D eigenvalue weighted by atomic mass is 9.77. The Labute approximate surface area is 129 Å². The molecule has 118 valence electrons. The van der Waals surface area contributed by atoms with Crippen LogP contribution in [0.1, 0.15) is 36.2 Å². The second-order valence-corrected chi connectivity index (χ2v) is 6.34.